The van der Waals surface area contributed by atoms with Crippen LogP contribution in [-0.2, 0) is 4.79 Å². The fourth-order valence-electron chi connectivity index (χ4n) is 4.59. The molecular weight excluding hydrogens is 420 g/mol. The SMILES string of the molecule is Cc1cc(-c2cccc(C#N)c2)cc(=O)n1[C@@H](CC1CCCCC1)C(=O)Nc1nccs1. The summed E-state index contributed by atoms with van der Waals surface area (Å²) in [6.07, 6.45) is 8.06. The number of benzene rings is 1. The van der Waals surface area contributed by atoms with Crippen molar-refractivity contribution >= 4 is 22.4 Å². The molecule has 0 saturated heterocycles. The monoisotopic (exact) mass is 446 g/mol. The van der Waals surface area contributed by atoms with Gasteiger partial charge in [-0.15, -0.1) is 11.3 Å². The Balaban J connectivity index is 1.69. The van der Waals surface area contributed by atoms with Crippen LogP contribution in [0.3, 0.4) is 0 Å². The number of amides is 1. The zero-order valence-electron chi connectivity index (χ0n) is 18.1. The highest BCUT2D eigenvalue weighted by Crippen LogP contribution is 2.32. The second kappa shape index (κ2) is 9.92. The molecular formula is C25H26N4O2S. The van der Waals surface area contributed by atoms with Crippen LogP contribution in [0.5, 0.6) is 0 Å². The molecule has 1 atom stereocenters. The number of anilines is 1. The number of hydrogen-bond donors (Lipinski definition) is 1. The number of aryl methyl sites for hydroxylation is 1. The number of rotatable bonds is 6. The largest absolute Gasteiger partial charge is 0.300 e. The van der Waals surface area contributed by atoms with Gasteiger partial charge in [0.15, 0.2) is 5.13 Å². The van der Waals surface area contributed by atoms with Crippen LogP contribution in [0.2, 0.25) is 0 Å². The molecule has 0 bridgehead atoms. The Morgan fingerprint density at radius 2 is 2.06 bits per heavy atom. The van der Waals surface area contributed by atoms with E-state index in [4.69, 9.17) is 0 Å². The fraction of sp³-hybridized carbons (Fsp3) is 0.360. The first kappa shape index (κ1) is 22.0. The van der Waals surface area contributed by atoms with Gasteiger partial charge in [-0.3, -0.25) is 9.59 Å². The lowest BCUT2D eigenvalue weighted by Crippen LogP contribution is -2.36. The van der Waals surface area contributed by atoms with Gasteiger partial charge in [0.2, 0.25) is 5.91 Å². The lowest BCUT2D eigenvalue weighted by atomic mass is 9.84. The highest BCUT2D eigenvalue weighted by molar-refractivity contribution is 7.13. The van der Waals surface area contributed by atoms with E-state index in [2.05, 4.69) is 16.4 Å². The van der Waals surface area contributed by atoms with E-state index in [0.717, 1.165) is 29.7 Å². The van der Waals surface area contributed by atoms with E-state index in [0.29, 0.717) is 23.0 Å². The third-order valence-electron chi connectivity index (χ3n) is 6.14. The number of nitrogens with zero attached hydrogens (tertiary/aromatic N) is 3. The van der Waals surface area contributed by atoms with E-state index in [1.165, 1.54) is 30.6 Å². The number of nitrogens with one attached hydrogen (secondary N) is 1. The van der Waals surface area contributed by atoms with Crippen molar-refractivity contribution in [2.24, 2.45) is 5.92 Å². The van der Waals surface area contributed by atoms with Gasteiger partial charge in [0.05, 0.1) is 11.6 Å². The van der Waals surface area contributed by atoms with Crippen molar-refractivity contribution in [2.45, 2.75) is 51.5 Å². The predicted molar refractivity (Wildman–Crippen MR) is 127 cm³/mol. The average Bonchev–Trinajstić information content (AvgIpc) is 3.31. The quantitative estimate of drug-likeness (QED) is 0.556. The van der Waals surface area contributed by atoms with Crippen molar-refractivity contribution in [1.82, 2.24) is 9.55 Å². The normalized spacial score (nSPS) is 15.1. The van der Waals surface area contributed by atoms with Gasteiger partial charge >= 0.3 is 0 Å². The minimum Gasteiger partial charge on any atom is -0.300 e. The summed E-state index contributed by atoms with van der Waals surface area (Å²) in [5.41, 5.74) is 2.62. The van der Waals surface area contributed by atoms with Gasteiger partial charge < -0.3 is 9.88 Å². The average molecular weight is 447 g/mol. The molecule has 3 aromatic rings. The first-order valence-electron chi connectivity index (χ1n) is 11.0. The van der Waals surface area contributed by atoms with Crippen molar-refractivity contribution in [3.63, 3.8) is 0 Å². The van der Waals surface area contributed by atoms with Crippen molar-refractivity contribution in [3.8, 4) is 17.2 Å². The maximum atomic E-state index is 13.3. The van der Waals surface area contributed by atoms with Gasteiger partial charge in [0.1, 0.15) is 6.04 Å². The fourth-order valence-corrected chi connectivity index (χ4v) is 5.12. The van der Waals surface area contributed by atoms with Crippen molar-refractivity contribution in [3.05, 3.63) is 69.6 Å². The van der Waals surface area contributed by atoms with Crippen LogP contribution in [0.25, 0.3) is 11.1 Å². The standard InChI is InChI=1S/C25H26N4O2S/c1-17-12-21(20-9-5-8-19(13-20)16-26)15-23(30)29(17)22(14-18-6-3-2-4-7-18)24(31)28-25-27-10-11-32-25/h5,8-13,15,18,22H,2-4,6-7,14H2,1H3,(H,27,28,31)/t22-/m0/s1. The summed E-state index contributed by atoms with van der Waals surface area (Å²) < 4.78 is 1.62. The molecule has 1 aliphatic carbocycles. The van der Waals surface area contributed by atoms with Crippen LogP contribution in [0.1, 0.15) is 55.8 Å². The Morgan fingerprint density at radius 1 is 1.25 bits per heavy atom. The lowest BCUT2D eigenvalue weighted by molar-refractivity contribution is -0.120. The molecule has 1 aliphatic rings. The molecule has 2 heterocycles. The van der Waals surface area contributed by atoms with Crippen LogP contribution in [-0.4, -0.2) is 15.5 Å². The summed E-state index contributed by atoms with van der Waals surface area (Å²) >= 11 is 1.36. The Bertz CT molecular complexity index is 1190. The van der Waals surface area contributed by atoms with Crippen LogP contribution >= 0.6 is 11.3 Å². The van der Waals surface area contributed by atoms with E-state index in [1.807, 2.05) is 30.5 Å². The van der Waals surface area contributed by atoms with Crippen LogP contribution < -0.4 is 10.9 Å². The first-order chi connectivity index (χ1) is 15.5. The van der Waals surface area contributed by atoms with Crippen molar-refractivity contribution in [2.75, 3.05) is 5.32 Å². The second-order valence-electron chi connectivity index (χ2n) is 8.37. The molecule has 0 radical (unpaired) electrons. The number of carbonyl (C=O) groups excluding carboxylic acids is 1. The maximum Gasteiger partial charge on any atom is 0.252 e. The number of pyridine rings is 1. The highest BCUT2D eigenvalue weighted by atomic mass is 32.1. The number of carbonyl (C=O) groups is 1. The molecule has 164 valence electrons. The van der Waals surface area contributed by atoms with Crippen LogP contribution in [0.15, 0.2) is 52.8 Å². The summed E-state index contributed by atoms with van der Waals surface area (Å²) in [5, 5.41) is 14.4. The molecule has 2 aromatic heterocycles. The summed E-state index contributed by atoms with van der Waals surface area (Å²) in [6.45, 7) is 1.86. The van der Waals surface area contributed by atoms with E-state index >= 15 is 0 Å². The van der Waals surface area contributed by atoms with Gasteiger partial charge in [0.25, 0.3) is 5.56 Å². The molecule has 6 nitrogen and oxygen atoms in total. The van der Waals surface area contributed by atoms with E-state index in [1.54, 1.807) is 29.0 Å². The molecule has 1 amide bonds. The topological polar surface area (TPSA) is 87.8 Å². The number of hydrogen-bond acceptors (Lipinski definition) is 5. The summed E-state index contributed by atoms with van der Waals surface area (Å²) in [4.78, 5) is 30.7. The first-order valence-corrected chi connectivity index (χ1v) is 11.9. The molecule has 32 heavy (non-hydrogen) atoms. The molecule has 1 aromatic carbocycles. The molecule has 0 aliphatic heterocycles. The third kappa shape index (κ3) is 4.97. The zero-order chi connectivity index (χ0) is 22.5. The lowest BCUT2D eigenvalue weighted by Gasteiger charge is -2.28. The molecule has 1 fully saturated rings. The minimum atomic E-state index is -0.589. The number of thiazole rings is 1. The second-order valence-corrected chi connectivity index (χ2v) is 9.26. The van der Waals surface area contributed by atoms with Gasteiger partial charge in [-0.05, 0) is 48.6 Å². The smallest absolute Gasteiger partial charge is 0.252 e. The Kier molecular flexibility index (Phi) is 6.81. The van der Waals surface area contributed by atoms with Crippen molar-refractivity contribution < 1.29 is 4.79 Å². The number of nitriles is 1. The van der Waals surface area contributed by atoms with Crippen LogP contribution in [0, 0.1) is 24.2 Å². The molecule has 4 rings (SSSR count). The van der Waals surface area contributed by atoms with Gasteiger partial charge in [-0.25, -0.2) is 4.98 Å². The molecule has 0 spiro atoms. The van der Waals surface area contributed by atoms with E-state index in [9.17, 15) is 14.9 Å². The maximum absolute atomic E-state index is 13.3. The zero-order valence-corrected chi connectivity index (χ0v) is 18.9. The van der Waals surface area contributed by atoms with Crippen molar-refractivity contribution in [1.29, 1.82) is 5.26 Å². The summed E-state index contributed by atoms with van der Waals surface area (Å²) in [5.74, 6) is 0.226. The van der Waals surface area contributed by atoms with Gasteiger partial charge in [-0.1, -0.05) is 44.2 Å². The highest BCUT2D eigenvalue weighted by Gasteiger charge is 2.28. The Hall–Kier alpha value is -3.24. The Morgan fingerprint density at radius 3 is 2.75 bits per heavy atom. The summed E-state index contributed by atoms with van der Waals surface area (Å²) in [7, 11) is 0. The third-order valence-corrected chi connectivity index (χ3v) is 6.83. The van der Waals surface area contributed by atoms with E-state index in [-0.39, 0.29) is 11.5 Å². The molecule has 1 saturated carbocycles. The minimum absolute atomic E-state index is 0.199. The molecule has 1 N–H and O–H groups in total. The molecule has 0 unspecified atom stereocenters. The van der Waals surface area contributed by atoms with E-state index < -0.39 is 6.04 Å². The predicted octanol–water partition coefficient (Wildman–Crippen LogP) is 5.30. The van der Waals surface area contributed by atoms with Crippen LogP contribution in [0.4, 0.5) is 5.13 Å². The molecule has 7 heteroatoms. The summed E-state index contributed by atoms with van der Waals surface area (Å²) in [6, 6.07) is 12.2. The van der Waals surface area contributed by atoms with Gasteiger partial charge in [-0.2, -0.15) is 5.26 Å². The Labute approximate surface area is 191 Å². The number of aromatic nitrogens is 2. The van der Waals surface area contributed by atoms with Gasteiger partial charge in [0, 0.05) is 23.3 Å².